The molecule has 0 fully saturated rings. The Kier molecular flexibility index (Phi) is 3.25. The van der Waals surface area contributed by atoms with Gasteiger partial charge in [-0.25, -0.2) is 4.98 Å². The molecule has 0 saturated carbocycles. The molecule has 4 N–H and O–H groups in total. The van der Waals surface area contributed by atoms with Gasteiger partial charge in [-0.1, -0.05) is 0 Å². The third-order valence-corrected chi connectivity index (χ3v) is 2.16. The largest absolute Gasteiger partial charge is 0.387 e. The molecule has 72 valence electrons. The Morgan fingerprint density at radius 3 is 3.00 bits per heavy atom. The van der Waals surface area contributed by atoms with Gasteiger partial charge in [-0.3, -0.25) is 5.41 Å². The third kappa shape index (κ3) is 3.42. The molecule has 0 unspecified atom stereocenters. The lowest BCUT2D eigenvalue weighted by Gasteiger charge is -2.04. The molecule has 5 heteroatoms. The van der Waals surface area contributed by atoms with E-state index in [2.05, 4.69) is 24.1 Å². The number of thiazole rings is 1. The van der Waals surface area contributed by atoms with Gasteiger partial charge in [0.1, 0.15) is 0 Å². The molecule has 0 saturated heterocycles. The van der Waals surface area contributed by atoms with Crippen molar-refractivity contribution in [3.8, 4) is 0 Å². The van der Waals surface area contributed by atoms with E-state index in [4.69, 9.17) is 11.1 Å². The number of hydrogen-bond donors (Lipinski definition) is 3. The van der Waals surface area contributed by atoms with Gasteiger partial charge in [-0.15, -0.1) is 11.3 Å². The number of amidine groups is 1. The van der Waals surface area contributed by atoms with Crippen molar-refractivity contribution in [2.24, 2.45) is 5.73 Å². The lowest BCUT2D eigenvalue weighted by molar-refractivity contribution is 0.894. The van der Waals surface area contributed by atoms with Crippen LogP contribution in [0.15, 0.2) is 5.38 Å². The van der Waals surface area contributed by atoms with Crippen LogP contribution in [0.5, 0.6) is 0 Å². The molecule has 1 rings (SSSR count). The van der Waals surface area contributed by atoms with Gasteiger partial charge in [0.15, 0.2) is 5.13 Å². The fraction of sp³-hybridized carbons (Fsp3) is 0.500. The molecule has 0 aliphatic rings. The predicted molar refractivity (Wildman–Crippen MR) is 56.5 cm³/mol. The standard InChI is InChI=1S/C8H14N4S/c1-5(2)11-8-12-6(4-13-8)3-7(9)10/h4-5H,3H2,1-2H3,(H3,9,10)(H,11,12). The van der Waals surface area contributed by atoms with Crippen LogP contribution in [0, 0.1) is 5.41 Å². The van der Waals surface area contributed by atoms with Crippen LogP contribution in [0.25, 0.3) is 0 Å². The molecule has 1 aromatic heterocycles. The van der Waals surface area contributed by atoms with E-state index in [1.165, 1.54) is 0 Å². The summed E-state index contributed by atoms with van der Waals surface area (Å²) >= 11 is 1.55. The smallest absolute Gasteiger partial charge is 0.183 e. The van der Waals surface area contributed by atoms with Crippen molar-refractivity contribution >= 4 is 22.3 Å². The van der Waals surface area contributed by atoms with Crippen LogP contribution in [-0.2, 0) is 6.42 Å². The van der Waals surface area contributed by atoms with Crippen molar-refractivity contribution < 1.29 is 0 Å². The molecule has 1 heterocycles. The fourth-order valence-electron chi connectivity index (χ4n) is 0.897. The fourth-order valence-corrected chi connectivity index (χ4v) is 1.75. The maximum atomic E-state index is 7.10. The van der Waals surface area contributed by atoms with Crippen LogP contribution >= 0.6 is 11.3 Å². The highest BCUT2D eigenvalue weighted by Crippen LogP contribution is 2.16. The first-order chi connectivity index (χ1) is 6.08. The Balaban J connectivity index is 2.58. The minimum atomic E-state index is 0.154. The molecule has 4 nitrogen and oxygen atoms in total. The Bertz CT molecular complexity index is 292. The molecule has 0 aromatic carbocycles. The first-order valence-corrected chi connectivity index (χ1v) is 4.99. The van der Waals surface area contributed by atoms with Gasteiger partial charge in [-0.05, 0) is 13.8 Å². The van der Waals surface area contributed by atoms with E-state index in [0.717, 1.165) is 10.8 Å². The van der Waals surface area contributed by atoms with Gasteiger partial charge < -0.3 is 11.1 Å². The van der Waals surface area contributed by atoms with Crippen LogP contribution in [-0.4, -0.2) is 16.9 Å². The average molecular weight is 198 g/mol. The normalized spacial score (nSPS) is 10.4. The first kappa shape index (κ1) is 9.98. The molecule has 13 heavy (non-hydrogen) atoms. The van der Waals surface area contributed by atoms with Crippen molar-refractivity contribution in [1.82, 2.24) is 4.98 Å². The highest BCUT2D eigenvalue weighted by atomic mass is 32.1. The molecule has 0 bridgehead atoms. The van der Waals surface area contributed by atoms with Gasteiger partial charge in [0, 0.05) is 17.8 Å². The highest BCUT2D eigenvalue weighted by molar-refractivity contribution is 7.13. The second kappa shape index (κ2) is 4.23. The van der Waals surface area contributed by atoms with Gasteiger partial charge in [0.05, 0.1) is 11.5 Å². The van der Waals surface area contributed by atoms with Gasteiger partial charge in [-0.2, -0.15) is 0 Å². The lowest BCUT2D eigenvalue weighted by atomic mass is 10.3. The Morgan fingerprint density at radius 2 is 2.46 bits per heavy atom. The molecule has 0 spiro atoms. The van der Waals surface area contributed by atoms with E-state index in [1.54, 1.807) is 11.3 Å². The van der Waals surface area contributed by atoms with Crippen molar-refractivity contribution in [2.75, 3.05) is 5.32 Å². The molecular formula is C8H14N4S. The number of aromatic nitrogens is 1. The highest BCUT2D eigenvalue weighted by Gasteiger charge is 2.03. The van der Waals surface area contributed by atoms with Crippen LogP contribution in [0.1, 0.15) is 19.5 Å². The third-order valence-electron chi connectivity index (χ3n) is 1.34. The number of nitrogens with one attached hydrogen (secondary N) is 2. The zero-order chi connectivity index (χ0) is 9.84. The van der Waals surface area contributed by atoms with Gasteiger partial charge in [0.2, 0.25) is 0 Å². The topological polar surface area (TPSA) is 74.8 Å². The average Bonchev–Trinajstić information content (AvgIpc) is 2.33. The zero-order valence-electron chi connectivity index (χ0n) is 7.79. The maximum Gasteiger partial charge on any atom is 0.183 e. The molecular weight excluding hydrogens is 184 g/mol. The summed E-state index contributed by atoms with van der Waals surface area (Å²) in [5, 5.41) is 13.1. The van der Waals surface area contributed by atoms with Crippen molar-refractivity contribution in [3.63, 3.8) is 0 Å². The Hall–Kier alpha value is -1.10. The summed E-state index contributed by atoms with van der Waals surface area (Å²) in [6, 6.07) is 0.385. The second-order valence-corrected chi connectivity index (χ2v) is 4.00. The quantitative estimate of drug-likeness (QED) is 0.506. The summed E-state index contributed by atoms with van der Waals surface area (Å²) in [6.07, 6.45) is 0.441. The minimum absolute atomic E-state index is 0.154. The van der Waals surface area contributed by atoms with E-state index >= 15 is 0 Å². The van der Waals surface area contributed by atoms with Crippen LogP contribution in [0.4, 0.5) is 5.13 Å². The number of nitrogens with two attached hydrogens (primary N) is 1. The second-order valence-electron chi connectivity index (χ2n) is 3.15. The van der Waals surface area contributed by atoms with Crippen molar-refractivity contribution in [1.29, 1.82) is 5.41 Å². The first-order valence-electron chi connectivity index (χ1n) is 4.11. The zero-order valence-corrected chi connectivity index (χ0v) is 8.61. The van der Waals surface area contributed by atoms with Gasteiger partial charge in [0.25, 0.3) is 0 Å². The van der Waals surface area contributed by atoms with E-state index in [-0.39, 0.29) is 5.84 Å². The monoisotopic (exact) mass is 198 g/mol. The number of rotatable bonds is 4. The Morgan fingerprint density at radius 1 is 1.77 bits per heavy atom. The number of anilines is 1. The summed E-state index contributed by atoms with van der Waals surface area (Å²) in [5.74, 6) is 0.154. The minimum Gasteiger partial charge on any atom is -0.387 e. The Labute approximate surface area is 81.7 Å². The number of hydrogen-bond acceptors (Lipinski definition) is 4. The van der Waals surface area contributed by atoms with Crippen LogP contribution < -0.4 is 11.1 Å². The van der Waals surface area contributed by atoms with Crippen LogP contribution in [0.2, 0.25) is 0 Å². The van der Waals surface area contributed by atoms with E-state index < -0.39 is 0 Å². The molecule has 0 amide bonds. The maximum absolute atomic E-state index is 7.10. The molecule has 1 aromatic rings. The van der Waals surface area contributed by atoms with E-state index in [9.17, 15) is 0 Å². The molecule has 0 atom stereocenters. The van der Waals surface area contributed by atoms with Crippen molar-refractivity contribution in [3.05, 3.63) is 11.1 Å². The lowest BCUT2D eigenvalue weighted by Crippen LogP contribution is -2.13. The summed E-state index contributed by atoms with van der Waals surface area (Å²) in [6.45, 7) is 4.12. The summed E-state index contributed by atoms with van der Waals surface area (Å²) < 4.78 is 0. The molecule has 0 aliphatic carbocycles. The SMILES string of the molecule is CC(C)Nc1nc(CC(=N)N)cs1. The summed E-state index contributed by atoms with van der Waals surface area (Å²) in [7, 11) is 0. The number of nitrogens with zero attached hydrogens (tertiary/aromatic N) is 1. The van der Waals surface area contributed by atoms with E-state index in [0.29, 0.717) is 12.5 Å². The predicted octanol–water partition coefficient (Wildman–Crippen LogP) is 1.44. The molecule has 0 aliphatic heterocycles. The summed E-state index contributed by atoms with van der Waals surface area (Å²) in [5.41, 5.74) is 6.12. The van der Waals surface area contributed by atoms with E-state index in [1.807, 2.05) is 5.38 Å². The molecule has 0 radical (unpaired) electrons. The summed E-state index contributed by atoms with van der Waals surface area (Å²) in [4.78, 5) is 4.28. The van der Waals surface area contributed by atoms with Crippen LogP contribution in [0.3, 0.4) is 0 Å². The van der Waals surface area contributed by atoms with Crippen molar-refractivity contribution in [2.45, 2.75) is 26.3 Å². The van der Waals surface area contributed by atoms with Gasteiger partial charge >= 0.3 is 0 Å².